The number of aromatic nitrogens is 2. The van der Waals surface area contributed by atoms with E-state index in [2.05, 4.69) is 10.2 Å². The Morgan fingerprint density at radius 3 is 2.58 bits per heavy atom. The molecule has 0 saturated heterocycles. The molecule has 0 saturated carbocycles. The Balaban J connectivity index is 1.47. The Morgan fingerprint density at radius 1 is 0.962 bits per heavy atom. The minimum absolute atomic E-state index is 0.465. The van der Waals surface area contributed by atoms with Crippen LogP contribution >= 0.6 is 11.8 Å². The van der Waals surface area contributed by atoms with Gasteiger partial charge in [0.2, 0.25) is 0 Å². The molecule has 0 fully saturated rings. The number of para-hydroxylation sites is 2. The van der Waals surface area contributed by atoms with E-state index in [0.717, 1.165) is 28.4 Å². The first-order valence-electron chi connectivity index (χ1n) is 8.11. The lowest BCUT2D eigenvalue weighted by Crippen LogP contribution is -1.90. The van der Waals surface area contributed by atoms with Gasteiger partial charge >= 0.3 is 0 Å². The molecule has 4 aromatic rings. The lowest BCUT2D eigenvalue weighted by atomic mass is 10.2. The summed E-state index contributed by atoms with van der Waals surface area (Å²) in [5.74, 6) is 3.51. The molecule has 0 aliphatic rings. The number of ether oxygens (including phenoxy) is 1. The van der Waals surface area contributed by atoms with Crippen molar-refractivity contribution in [2.75, 3.05) is 0 Å². The highest BCUT2D eigenvalue weighted by Crippen LogP contribution is 2.32. The number of nitrogens with zero attached hydrogens (tertiary/aromatic N) is 2. The molecule has 5 nitrogen and oxygen atoms in total. The Morgan fingerprint density at radius 2 is 1.77 bits per heavy atom. The monoisotopic (exact) mass is 364 g/mol. The fourth-order valence-corrected chi connectivity index (χ4v) is 3.22. The Kier molecular flexibility index (Phi) is 4.75. The maximum absolute atomic E-state index is 5.99. The highest BCUT2D eigenvalue weighted by atomic mass is 32.2. The van der Waals surface area contributed by atoms with Gasteiger partial charge in [-0.05, 0) is 31.2 Å². The van der Waals surface area contributed by atoms with Gasteiger partial charge < -0.3 is 13.6 Å². The molecule has 0 N–H and O–H groups in total. The van der Waals surface area contributed by atoms with Crippen LogP contribution in [0, 0.1) is 6.92 Å². The number of thioether (sulfide) groups is 1. The van der Waals surface area contributed by atoms with E-state index < -0.39 is 0 Å². The van der Waals surface area contributed by atoms with Gasteiger partial charge in [-0.15, -0.1) is 10.2 Å². The van der Waals surface area contributed by atoms with Crippen LogP contribution < -0.4 is 4.74 Å². The number of hydrogen-bond donors (Lipinski definition) is 0. The van der Waals surface area contributed by atoms with Crippen LogP contribution in [0.25, 0.3) is 11.5 Å². The molecule has 2 heterocycles. The van der Waals surface area contributed by atoms with Crippen molar-refractivity contribution in [3.63, 3.8) is 0 Å². The van der Waals surface area contributed by atoms with Crippen molar-refractivity contribution in [2.24, 2.45) is 0 Å². The normalized spacial score (nSPS) is 10.8. The zero-order valence-corrected chi connectivity index (χ0v) is 14.9. The Bertz CT molecular complexity index is 995. The van der Waals surface area contributed by atoms with Gasteiger partial charge in [-0.25, -0.2) is 0 Å². The molecule has 0 bridgehead atoms. The van der Waals surface area contributed by atoms with E-state index in [1.165, 1.54) is 11.8 Å². The van der Waals surface area contributed by atoms with Crippen LogP contribution in [0.3, 0.4) is 0 Å². The van der Waals surface area contributed by atoms with Gasteiger partial charge in [-0.3, -0.25) is 0 Å². The average Bonchev–Trinajstić information content (AvgIpc) is 3.30. The van der Waals surface area contributed by atoms with Crippen molar-refractivity contribution >= 4 is 11.8 Å². The van der Waals surface area contributed by atoms with Gasteiger partial charge in [-0.2, -0.15) is 0 Å². The van der Waals surface area contributed by atoms with Crippen molar-refractivity contribution in [3.8, 4) is 23.0 Å². The first-order chi connectivity index (χ1) is 12.8. The second-order valence-corrected chi connectivity index (χ2v) is 6.50. The van der Waals surface area contributed by atoms with Crippen LogP contribution in [0.4, 0.5) is 0 Å². The summed E-state index contributed by atoms with van der Waals surface area (Å²) in [6.07, 6.45) is 1.61. The average molecular weight is 364 g/mol. The van der Waals surface area contributed by atoms with Gasteiger partial charge in [0.15, 0.2) is 0 Å². The van der Waals surface area contributed by atoms with Gasteiger partial charge in [0.1, 0.15) is 17.3 Å². The largest absolute Gasteiger partial charge is 0.469 e. The van der Waals surface area contributed by atoms with Crippen LogP contribution in [-0.4, -0.2) is 10.2 Å². The summed E-state index contributed by atoms with van der Waals surface area (Å²) in [4.78, 5) is 0. The Hall–Kier alpha value is -2.99. The third-order valence-corrected chi connectivity index (χ3v) is 4.66. The van der Waals surface area contributed by atoms with Crippen LogP contribution in [0.2, 0.25) is 0 Å². The number of benzene rings is 2. The van der Waals surface area contributed by atoms with E-state index in [0.29, 0.717) is 16.9 Å². The molecule has 0 spiro atoms. The van der Waals surface area contributed by atoms with Gasteiger partial charge in [-0.1, -0.05) is 48.2 Å². The number of furan rings is 1. The summed E-state index contributed by atoms with van der Waals surface area (Å²) in [5.41, 5.74) is 1.87. The smallest absolute Gasteiger partial charge is 0.277 e. The van der Waals surface area contributed by atoms with E-state index in [1.54, 1.807) is 6.26 Å². The first kappa shape index (κ1) is 16.5. The third kappa shape index (κ3) is 3.65. The summed E-state index contributed by atoms with van der Waals surface area (Å²) in [5, 5.41) is 8.71. The summed E-state index contributed by atoms with van der Waals surface area (Å²) < 4.78 is 17.0. The molecule has 26 heavy (non-hydrogen) atoms. The zero-order chi connectivity index (χ0) is 17.8. The van der Waals surface area contributed by atoms with Gasteiger partial charge in [0.25, 0.3) is 11.1 Å². The molecule has 2 aromatic heterocycles. The molecule has 0 unspecified atom stereocenters. The topological polar surface area (TPSA) is 61.3 Å². The highest BCUT2D eigenvalue weighted by Gasteiger charge is 2.14. The van der Waals surface area contributed by atoms with Crippen LogP contribution in [-0.2, 0) is 5.75 Å². The fraction of sp³-hybridized carbons (Fsp3) is 0.100. The second-order valence-electron chi connectivity index (χ2n) is 5.58. The second kappa shape index (κ2) is 7.49. The third-order valence-electron chi connectivity index (χ3n) is 3.79. The van der Waals surface area contributed by atoms with Crippen molar-refractivity contribution in [1.82, 2.24) is 10.2 Å². The standard InChI is InChI=1S/C20H16N2O3S/c1-14-17(11-12-23-14)19-21-22-20(25-19)26-13-15-7-5-6-10-18(15)24-16-8-3-2-4-9-16/h2-12H,13H2,1H3. The van der Waals surface area contributed by atoms with E-state index in [9.17, 15) is 0 Å². The SMILES string of the molecule is Cc1occc1-c1nnc(SCc2ccccc2Oc2ccccc2)o1. The molecule has 6 heteroatoms. The summed E-state index contributed by atoms with van der Waals surface area (Å²) in [6, 6.07) is 19.5. The Labute approximate surface area is 155 Å². The molecular weight excluding hydrogens is 348 g/mol. The van der Waals surface area contributed by atoms with Crippen molar-refractivity contribution in [1.29, 1.82) is 0 Å². The number of aryl methyl sites for hydroxylation is 1. The molecular formula is C20H16N2O3S. The van der Waals surface area contributed by atoms with E-state index in [-0.39, 0.29) is 0 Å². The van der Waals surface area contributed by atoms with Crippen molar-refractivity contribution in [3.05, 3.63) is 78.3 Å². The first-order valence-corrected chi connectivity index (χ1v) is 9.10. The summed E-state index contributed by atoms with van der Waals surface area (Å²) in [6.45, 7) is 1.86. The number of rotatable bonds is 6. The number of hydrogen-bond acceptors (Lipinski definition) is 6. The molecule has 0 radical (unpaired) electrons. The summed E-state index contributed by atoms with van der Waals surface area (Å²) in [7, 11) is 0. The van der Waals surface area contributed by atoms with Crippen LogP contribution in [0.1, 0.15) is 11.3 Å². The fourth-order valence-electron chi connectivity index (χ4n) is 2.46. The zero-order valence-electron chi connectivity index (χ0n) is 14.1. The lowest BCUT2D eigenvalue weighted by molar-refractivity contribution is 0.463. The molecule has 2 aromatic carbocycles. The minimum atomic E-state index is 0.465. The molecule has 0 aliphatic carbocycles. The lowest BCUT2D eigenvalue weighted by Gasteiger charge is -2.10. The predicted octanol–water partition coefficient (Wildman–Crippen LogP) is 5.72. The highest BCUT2D eigenvalue weighted by molar-refractivity contribution is 7.98. The van der Waals surface area contributed by atoms with Crippen molar-refractivity contribution in [2.45, 2.75) is 17.9 Å². The molecule has 4 rings (SSSR count). The van der Waals surface area contributed by atoms with E-state index in [4.69, 9.17) is 13.6 Å². The van der Waals surface area contributed by atoms with Gasteiger partial charge in [0, 0.05) is 11.3 Å². The molecule has 0 amide bonds. The maximum Gasteiger partial charge on any atom is 0.277 e. The van der Waals surface area contributed by atoms with Crippen LogP contribution in [0.5, 0.6) is 11.5 Å². The predicted molar refractivity (Wildman–Crippen MR) is 99.3 cm³/mol. The molecule has 130 valence electrons. The maximum atomic E-state index is 5.99. The minimum Gasteiger partial charge on any atom is -0.469 e. The van der Waals surface area contributed by atoms with Crippen LogP contribution in [0.15, 0.2) is 81.0 Å². The quantitative estimate of drug-likeness (QED) is 0.408. The molecule has 0 aliphatic heterocycles. The van der Waals surface area contributed by atoms with E-state index >= 15 is 0 Å². The summed E-state index contributed by atoms with van der Waals surface area (Å²) >= 11 is 1.47. The van der Waals surface area contributed by atoms with Gasteiger partial charge in [0.05, 0.1) is 11.8 Å². The van der Waals surface area contributed by atoms with Crippen molar-refractivity contribution < 1.29 is 13.6 Å². The molecule has 0 atom stereocenters. The van der Waals surface area contributed by atoms with E-state index in [1.807, 2.05) is 67.6 Å².